The molecular weight excluding hydrogens is 478 g/mol. The number of nitrogens with zero attached hydrogens (tertiary/aromatic N) is 1. The van der Waals surface area contributed by atoms with Crippen LogP contribution < -0.4 is 0 Å². The quantitative estimate of drug-likeness (QED) is 0.160. The molecule has 1 saturated carbocycles. The Morgan fingerprint density at radius 1 is 0.973 bits per heavy atom. The summed E-state index contributed by atoms with van der Waals surface area (Å²) in [7, 11) is 0. The zero-order chi connectivity index (χ0) is 25.8. The van der Waals surface area contributed by atoms with Crippen LogP contribution in [-0.2, 0) is 21.4 Å². The number of ether oxygens (including phenoxy) is 1. The van der Waals surface area contributed by atoms with Gasteiger partial charge in [0, 0.05) is 21.8 Å². The molecule has 1 fully saturated rings. The Kier molecular flexibility index (Phi) is 7.52. The zero-order valence-corrected chi connectivity index (χ0v) is 22.5. The van der Waals surface area contributed by atoms with Gasteiger partial charge in [0.15, 0.2) is 5.76 Å². The Morgan fingerprint density at radius 2 is 1.59 bits per heavy atom. The predicted octanol–water partition coefficient (Wildman–Crippen LogP) is 7.88. The molecule has 0 saturated heterocycles. The predicted molar refractivity (Wildman–Crippen MR) is 150 cm³/mol. The maximum absolute atomic E-state index is 12.4. The monoisotopic (exact) mass is 511 g/mol. The molecule has 0 amide bonds. The van der Waals surface area contributed by atoms with Crippen molar-refractivity contribution in [3.63, 3.8) is 0 Å². The number of benzene rings is 3. The molecule has 5 rings (SSSR count). The van der Waals surface area contributed by atoms with Gasteiger partial charge in [-0.3, -0.25) is 4.79 Å². The topological polar surface area (TPSA) is 52.3 Å². The third-order valence-corrected chi connectivity index (χ3v) is 8.49. The van der Waals surface area contributed by atoms with Crippen molar-refractivity contribution in [2.45, 2.75) is 50.3 Å². The fourth-order valence-corrected chi connectivity index (χ4v) is 5.76. The summed E-state index contributed by atoms with van der Waals surface area (Å²) in [5.74, 6) is 2.30. The van der Waals surface area contributed by atoms with Crippen molar-refractivity contribution in [3.05, 3.63) is 95.7 Å². The van der Waals surface area contributed by atoms with Gasteiger partial charge in [-0.1, -0.05) is 78.8 Å². The van der Waals surface area contributed by atoms with Crippen LogP contribution in [0, 0.1) is 12.8 Å². The van der Waals surface area contributed by atoms with Crippen LogP contribution in [0.25, 0.3) is 22.5 Å². The first-order valence-corrected chi connectivity index (χ1v) is 14.0. The van der Waals surface area contributed by atoms with Gasteiger partial charge >= 0.3 is 5.97 Å². The van der Waals surface area contributed by atoms with E-state index in [2.05, 4.69) is 90.9 Å². The lowest BCUT2D eigenvalue weighted by Crippen LogP contribution is -2.23. The van der Waals surface area contributed by atoms with Crippen LogP contribution in [0.4, 0.5) is 0 Å². The van der Waals surface area contributed by atoms with Crippen LogP contribution in [0.15, 0.2) is 88.3 Å². The number of hydrogen-bond donors (Lipinski definition) is 0. The van der Waals surface area contributed by atoms with E-state index in [-0.39, 0.29) is 5.97 Å². The van der Waals surface area contributed by atoms with Crippen LogP contribution in [0.5, 0.6) is 0 Å². The van der Waals surface area contributed by atoms with E-state index in [1.807, 2.05) is 25.6 Å². The normalized spacial score (nSPS) is 14.8. The van der Waals surface area contributed by atoms with Gasteiger partial charge in [-0.2, -0.15) is 0 Å². The molecule has 1 aliphatic rings. The summed E-state index contributed by atoms with van der Waals surface area (Å²) in [4.78, 5) is 13.7. The third kappa shape index (κ3) is 5.52. The molecule has 0 N–H and O–H groups in total. The van der Waals surface area contributed by atoms with Crippen molar-refractivity contribution in [3.8, 4) is 22.5 Å². The van der Waals surface area contributed by atoms with E-state index in [9.17, 15) is 4.79 Å². The van der Waals surface area contributed by atoms with Crippen molar-refractivity contribution in [2.24, 2.45) is 5.92 Å². The number of rotatable bonds is 10. The second kappa shape index (κ2) is 11.0. The molecule has 0 spiro atoms. The molecule has 1 aromatic heterocycles. The van der Waals surface area contributed by atoms with Crippen LogP contribution in [-0.4, -0.2) is 23.5 Å². The van der Waals surface area contributed by atoms with Crippen molar-refractivity contribution >= 4 is 17.7 Å². The molecule has 4 aromatic rings. The Bertz CT molecular complexity index is 1340. The molecule has 3 aromatic carbocycles. The van der Waals surface area contributed by atoms with E-state index >= 15 is 0 Å². The summed E-state index contributed by atoms with van der Waals surface area (Å²) in [5, 5.41) is 4.29. The SMILES string of the molecule is CCOC(=O)C1(c2ccc(-c3ccc(-c4onc(C)c4CC(C)CSc4ccccc4)cc3)cc2)CC1. The molecular formula is C32H33NO3S. The summed E-state index contributed by atoms with van der Waals surface area (Å²) in [6, 6.07) is 27.3. The zero-order valence-electron chi connectivity index (χ0n) is 21.7. The number of hydrogen-bond acceptors (Lipinski definition) is 5. The van der Waals surface area contributed by atoms with Crippen LogP contribution in [0.3, 0.4) is 0 Å². The van der Waals surface area contributed by atoms with Gasteiger partial charge in [0.2, 0.25) is 0 Å². The standard InChI is InChI=1S/C32H33NO3S/c1-4-35-31(34)32(18-19-32)27-16-14-25(15-17-27)24-10-12-26(13-11-24)30-29(23(3)33-36-30)20-22(2)21-37-28-8-6-5-7-9-28/h5-17,22H,4,18-21H2,1-3H3. The average molecular weight is 512 g/mol. The van der Waals surface area contributed by atoms with E-state index < -0.39 is 5.41 Å². The van der Waals surface area contributed by atoms with E-state index in [1.165, 1.54) is 10.5 Å². The molecule has 1 aliphatic carbocycles. The second-order valence-electron chi connectivity index (χ2n) is 9.97. The van der Waals surface area contributed by atoms with Crippen LogP contribution in [0.1, 0.15) is 43.5 Å². The van der Waals surface area contributed by atoms with Crippen molar-refractivity contribution in [1.82, 2.24) is 5.16 Å². The largest absolute Gasteiger partial charge is 0.465 e. The fraction of sp³-hybridized carbons (Fsp3) is 0.312. The van der Waals surface area contributed by atoms with Gasteiger partial charge < -0.3 is 9.26 Å². The van der Waals surface area contributed by atoms with Crippen LogP contribution >= 0.6 is 11.8 Å². The van der Waals surface area contributed by atoms with Crippen molar-refractivity contribution < 1.29 is 14.1 Å². The molecule has 1 heterocycles. The van der Waals surface area contributed by atoms with Crippen molar-refractivity contribution in [1.29, 1.82) is 0 Å². The Labute approximate surface area is 223 Å². The van der Waals surface area contributed by atoms with Gasteiger partial charge in [0.25, 0.3) is 0 Å². The molecule has 5 heteroatoms. The smallest absolute Gasteiger partial charge is 0.316 e. The lowest BCUT2D eigenvalue weighted by atomic mass is 9.93. The first-order chi connectivity index (χ1) is 18.0. The Hall–Kier alpha value is -3.31. The Morgan fingerprint density at radius 3 is 2.22 bits per heavy atom. The first-order valence-electron chi connectivity index (χ1n) is 13.0. The lowest BCUT2D eigenvalue weighted by molar-refractivity contribution is -0.146. The van der Waals surface area contributed by atoms with Gasteiger partial charge in [0.1, 0.15) is 0 Å². The summed E-state index contributed by atoms with van der Waals surface area (Å²) in [6.45, 7) is 6.59. The maximum atomic E-state index is 12.4. The minimum atomic E-state index is -0.435. The molecule has 0 aliphatic heterocycles. The van der Waals surface area contributed by atoms with Crippen LogP contribution in [0.2, 0.25) is 0 Å². The van der Waals surface area contributed by atoms with E-state index in [0.29, 0.717) is 12.5 Å². The number of aromatic nitrogens is 1. The van der Waals surface area contributed by atoms with Gasteiger partial charge in [0.05, 0.1) is 17.7 Å². The number of thioether (sulfide) groups is 1. The molecule has 1 unspecified atom stereocenters. The third-order valence-electron chi connectivity index (χ3n) is 7.15. The highest BCUT2D eigenvalue weighted by Gasteiger charge is 2.52. The highest BCUT2D eigenvalue weighted by Crippen LogP contribution is 2.49. The molecule has 4 nitrogen and oxygen atoms in total. The summed E-state index contributed by atoms with van der Waals surface area (Å²) < 4.78 is 11.1. The average Bonchev–Trinajstić information content (AvgIpc) is 3.67. The Balaban J connectivity index is 1.27. The van der Waals surface area contributed by atoms with E-state index in [4.69, 9.17) is 9.26 Å². The fourth-order valence-electron chi connectivity index (χ4n) is 4.82. The van der Waals surface area contributed by atoms with E-state index in [0.717, 1.165) is 58.7 Å². The van der Waals surface area contributed by atoms with Gasteiger partial charge in [-0.15, -0.1) is 11.8 Å². The number of esters is 1. The lowest BCUT2D eigenvalue weighted by Gasteiger charge is -2.15. The summed E-state index contributed by atoms with van der Waals surface area (Å²) in [5.41, 5.74) is 6.05. The number of carbonyl (C=O) groups is 1. The number of aryl methyl sites for hydroxylation is 1. The summed E-state index contributed by atoms with van der Waals surface area (Å²) in [6.07, 6.45) is 2.65. The maximum Gasteiger partial charge on any atom is 0.316 e. The van der Waals surface area contributed by atoms with Gasteiger partial charge in [-0.25, -0.2) is 0 Å². The highest BCUT2D eigenvalue weighted by atomic mass is 32.2. The van der Waals surface area contributed by atoms with Crippen molar-refractivity contribution in [2.75, 3.05) is 12.4 Å². The number of carbonyl (C=O) groups excluding carboxylic acids is 1. The highest BCUT2D eigenvalue weighted by molar-refractivity contribution is 7.99. The minimum absolute atomic E-state index is 0.0989. The first kappa shape index (κ1) is 25.3. The molecule has 37 heavy (non-hydrogen) atoms. The molecule has 1 atom stereocenters. The second-order valence-corrected chi connectivity index (χ2v) is 11.1. The molecule has 0 bridgehead atoms. The molecule has 0 radical (unpaired) electrons. The van der Waals surface area contributed by atoms with Gasteiger partial charge in [-0.05, 0) is 67.9 Å². The van der Waals surface area contributed by atoms with E-state index in [1.54, 1.807) is 0 Å². The summed E-state index contributed by atoms with van der Waals surface area (Å²) >= 11 is 1.89. The molecule has 190 valence electrons. The minimum Gasteiger partial charge on any atom is -0.465 e.